The third-order valence-corrected chi connectivity index (χ3v) is 7.54. The van der Waals surface area contributed by atoms with Gasteiger partial charge < -0.3 is 0 Å². The fourth-order valence-electron chi connectivity index (χ4n) is 4.05. The smallest absolute Gasteiger partial charge is 0.123 e. The van der Waals surface area contributed by atoms with E-state index in [1.54, 1.807) is 12.3 Å². The lowest BCUT2D eigenvalue weighted by Gasteiger charge is -2.35. The van der Waals surface area contributed by atoms with Gasteiger partial charge in [-0.15, -0.1) is 0 Å². The van der Waals surface area contributed by atoms with E-state index in [9.17, 15) is 13.0 Å². The largest absolute Gasteiger partial charge is 0.297 e. The van der Waals surface area contributed by atoms with Crippen molar-refractivity contribution in [2.45, 2.75) is 72.0 Å². The number of rotatable bonds is 12. The predicted octanol–water partition coefficient (Wildman–Crippen LogP) is 7.50. The van der Waals surface area contributed by atoms with E-state index < -0.39 is 10.8 Å². The van der Waals surface area contributed by atoms with Crippen molar-refractivity contribution in [3.8, 4) is 0 Å². The number of piperazine rings is 1. The van der Waals surface area contributed by atoms with Crippen LogP contribution in [-0.4, -0.2) is 64.8 Å². The Hall–Kier alpha value is -1.63. The number of hydrogen-bond acceptors (Lipinski definition) is 3. The summed E-state index contributed by atoms with van der Waals surface area (Å²) in [5.41, 5.74) is 2.20. The SMILES string of the molecule is C=C(CN1CCN(C/C(F)=C\C=C/C)CC1)C(CCCC(C)S(C)=O)c1ccc(F)cc1.CC.CC. The van der Waals surface area contributed by atoms with Crippen LogP contribution in [0.4, 0.5) is 8.78 Å². The van der Waals surface area contributed by atoms with E-state index in [1.165, 1.54) is 18.2 Å². The highest BCUT2D eigenvalue weighted by atomic mass is 32.2. The van der Waals surface area contributed by atoms with Gasteiger partial charge in [0.2, 0.25) is 0 Å². The van der Waals surface area contributed by atoms with Gasteiger partial charge in [-0.2, -0.15) is 0 Å². The summed E-state index contributed by atoms with van der Waals surface area (Å²) in [4.78, 5) is 4.50. The van der Waals surface area contributed by atoms with Gasteiger partial charge in [-0.3, -0.25) is 14.0 Å². The Balaban J connectivity index is 0.00000291. The minimum atomic E-state index is -0.818. The Kier molecular flexibility index (Phi) is 19.5. The van der Waals surface area contributed by atoms with Crippen LogP contribution in [0.1, 0.15) is 72.3 Å². The molecular formula is C30H50F2N2OS. The number of nitrogens with zero attached hydrogens (tertiary/aromatic N) is 2. The second-order valence-electron chi connectivity index (χ2n) is 8.69. The quantitative estimate of drug-likeness (QED) is 0.209. The molecule has 1 aromatic rings. The number of hydrogen-bond donors (Lipinski definition) is 0. The zero-order valence-electron chi connectivity index (χ0n) is 23.7. The van der Waals surface area contributed by atoms with Crippen molar-refractivity contribution in [2.75, 3.05) is 45.5 Å². The molecular weight excluding hydrogens is 474 g/mol. The van der Waals surface area contributed by atoms with Gasteiger partial charge in [-0.05, 0) is 43.5 Å². The van der Waals surface area contributed by atoms with Gasteiger partial charge in [0.05, 0.1) is 6.54 Å². The summed E-state index contributed by atoms with van der Waals surface area (Å²) in [6.07, 6.45) is 9.59. The maximum Gasteiger partial charge on any atom is 0.123 e. The molecule has 206 valence electrons. The monoisotopic (exact) mass is 524 g/mol. The first-order valence-electron chi connectivity index (χ1n) is 13.5. The number of halogens is 2. The molecule has 1 heterocycles. The molecule has 3 nitrogen and oxygen atoms in total. The van der Waals surface area contributed by atoms with Gasteiger partial charge in [-0.25, -0.2) is 8.78 Å². The molecule has 1 aromatic carbocycles. The normalized spacial score (nSPS) is 17.4. The average molecular weight is 525 g/mol. The molecule has 1 aliphatic rings. The van der Waals surface area contributed by atoms with Crippen molar-refractivity contribution >= 4 is 10.8 Å². The van der Waals surface area contributed by atoms with E-state index in [0.717, 1.165) is 63.1 Å². The molecule has 0 saturated carbocycles. The number of benzene rings is 1. The molecule has 1 saturated heterocycles. The van der Waals surface area contributed by atoms with Crippen LogP contribution in [0.3, 0.4) is 0 Å². The van der Waals surface area contributed by atoms with Crippen LogP contribution in [0.25, 0.3) is 0 Å². The Labute approximate surface area is 222 Å². The van der Waals surface area contributed by atoms with Crippen LogP contribution in [-0.2, 0) is 10.8 Å². The van der Waals surface area contributed by atoms with Crippen molar-refractivity contribution in [3.63, 3.8) is 0 Å². The minimum Gasteiger partial charge on any atom is -0.297 e. The summed E-state index contributed by atoms with van der Waals surface area (Å²) in [6, 6.07) is 6.72. The van der Waals surface area contributed by atoms with Crippen LogP contribution in [0.2, 0.25) is 0 Å². The molecule has 3 unspecified atom stereocenters. The lowest BCUT2D eigenvalue weighted by atomic mass is 9.87. The van der Waals surface area contributed by atoms with E-state index in [0.29, 0.717) is 6.54 Å². The van der Waals surface area contributed by atoms with Gasteiger partial charge in [0, 0.05) is 60.9 Å². The topological polar surface area (TPSA) is 23.6 Å². The second kappa shape index (κ2) is 20.4. The molecule has 2 rings (SSSR count). The first-order valence-corrected chi connectivity index (χ1v) is 15.1. The molecule has 36 heavy (non-hydrogen) atoms. The fraction of sp³-hybridized carbons (Fsp3) is 0.600. The Morgan fingerprint density at radius 1 is 1.03 bits per heavy atom. The van der Waals surface area contributed by atoms with E-state index in [2.05, 4.69) is 16.4 Å². The van der Waals surface area contributed by atoms with E-state index in [-0.39, 0.29) is 22.8 Å². The van der Waals surface area contributed by atoms with Crippen molar-refractivity contribution < 1.29 is 13.0 Å². The van der Waals surface area contributed by atoms with Crippen molar-refractivity contribution in [1.82, 2.24) is 9.80 Å². The maximum atomic E-state index is 13.9. The minimum absolute atomic E-state index is 0.112. The van der Waals surface area contributed by atoms with Crippen LogP contribution >= 0.6 is 0 Å². The third-order valence-electron chi connectivity index (χ3n) is 6.17. The molecule has 0 amide bonds. The van der Waals surface area contributed by atoms with Crippen LogP contribution in [0, 0.1) is 5.82 Å². The second-order valence-corrected chi connectivity index (χ2v) is 10.5. The van der Waals surface area contributed by atoms with E-state index >= 15 is 0 Å². The summed E-state index contributed by atoms with van der Waals surface area (Å²) in [5, 5.41) is 0.174. The Morgan fingerprint density at radius 2 is 1.56 bits per heavy atom. The highest BCUT2D eigenvalue weighted by Gasteiger charge is 2.22. The summed E-state index contributed by atoms with van der Waals surface area (Å²) in [5.74, 6) is -0.202. The first-order chi connectivity index (χ1) is 17.3. The van der Waals surface area contributed by atoms with Crippen molar-refractivity contribution in [2.24, 2.45) is 0 Å². The summed E-state index contributed by atoms with van der Waals surface area (Å²) >= 11 is 0. The van der Waals surface area contributed by atoms with Crippen LogP contribution in [0.5, 0.6) is 0 Å². The molecule has 0 spiro atoms. The van der Waals surface area contributed by atoms with E-state index in [4.69, 9.17) is 0 Å². The van der Waals surface area contributed by atoms with Gasteiger partial charge in [0.15, 0.2) is 0 Å². The maximum absolute atomic E-state index is 13.9. The van der Waals surface area contributed by atoms with Gasteiger partial charge >= 0.3 is 0 Å². The standard InChI is InChI=1S/C26H38F2N2OS.2C2H6/c1-5-6-9-25(28)20-30-17-15-29(16-18-30)19-21(2)26(10-7-8-22(3)32(4)31)23-11-13-24(27)14-12-23;2*1-2/h5-6,9,11-14,22,26H,2,7-8,10,15-20H2,1,3-4H3;2*1-2H3/b6-5-,25-9+;;. The molecule has 3 atom stereocenters. The molecule has 0 radical (unpaired) electrons. The molecule has 1 fully saturated rings. The molecule has 0 N–H and O–H groups in total. The lowest BCUT2D eigenvalue weighted by Crippen LogP contribution is -2.47. The lowest BCUT2D eigenvalue weighted by molar-refractivity contribution is 0.142. The third kappa shape index (κ3) is 13.6. The van der Waals surface area contributed by atoms with Crippen molar-refractivity contribution in [1.29, 1.82) is 0 Å². The zero-order valence-corrected chi connectivity index (χ0v) is 24.6. The fourth-order valence-corrected chi connectivity index (χ4v) is 4.55. The first kappa shape index (κ1) is 34.4. The Morgan fingerprint density at radius 3 is 2.06 bits per heavy atom. The summed E-state index contributed by atoms with van der Waals surface area (Å²) < 4.78 is 39.1. The van der Waals surface area contributed by atoms with Crippen LogP contribution < -0.4 is 0 Å². The molecule has 1 aliphatic heterocycles. The van der Waals surface area contributed by atoms with Gasteiger partial charge in [-0.1, -0.05) is 77.5 Å². The highest BCUT2D eigenvalue weighted by molar-refractivity contribution is 7.84. The van der Waals surface area contributed by atoms with E-state index in [1.807, 2.05) is 59.8 Å². The summed E-state index contributed by atoms with van der Waals surface area (Å²) in [7, 11) is -0.818. The van der Waals surface area contributed by atoms with Crippen molar-refractivity contribution in [3.05, 3.63) is 71.9 Å². The van der Waals surface area contributed by atoms with Gasteiger partial charge in [0.25, 0.3) is 0 Å². The molecule has 0 bridgehead atoms. The molecule has 6 heteroatoms. The Bertz CT molecular complexity index is 800. The number of allylic oxidation sites excluding steroid dienone is 3. The van der Waals surface area contributed by atoms with Crippen LogP contribution in [0.15, 0.2) is 60.5 Å². The van der Waals surface area contributed by atoms with Gasteiger partial charge in [0.1, 0.15) is 11.6 Å². The molecule has 0 aromatic heterocycles. The predicted molar refractivity (Wildman–Crippen MR) is 155 cm³/mol. The highest BCUT2D eigenvalue weighted by Crippen LogP contribution is 2.30. The summed E-state index contributed by atoms with van der Waals surface area (Å²) in [6.45, 7) is 20.8. The average Bonchev–Trinajstić information content (AvgIpc) is 2.89. The molecule has 0 aliphatic carbocycles. The zero-order chi connectivity index (χ0) is 27.5.